The molecule has 0 unspecified atom stereocenters. The van der Waals surface area contributed by atoms with Crippen LogP contribution in [0.4, 0.5) is 0 Å². The van der Waals surface area contributed by atoms with E-state index in [9.17, 15) is 4.79 Å². The summed E-state index contributed by atoms with van der Waals surface area (Å²) in [5.74, 6) is 1.68. The molecule has 2 aromatic heterocycles. The number of carbonyl (C=O) groups is 1. The SMILES string of the molecule is CCCN(CC1CC1)C(=O)c1ccn2nc(-c3ccc(OC)cc3)c(CCCN3CCCCC3)c2c1. The van der Waals surface area contributed by atoms with Gasteiger partial charge in [-0.1, -0.05) is 13.3 Å². The van der Waals surface area contributed by atoms with E-state index < -0.39 is 0 Å². The van der Waals surface area contributed by atoms with Crippen molar-refractivity contribution in [2.45, 2.75) is 58.3 Å². The van der Waals surface area contributed by atoms with Crippen LogP contribution in [-0.4, -0.2) is 65.2 Å². The van der Waals surface area contributed by atoms with Crippen LogP contribution in [0, 0.1) is 5.92 Å². The van der Waals surface area contributed by atoms with Gasteiger partial charge in [0, 0.05) is 36.0 Å². The van der Waals surface area contributed by atoms with Crippen molar-refractivity contribution >= 4 is 11.4 Å². The van der Waals surface area contributed by atoms with Gasteiger partial charge in [0.15, 0.2) is 0 Å². The van der Waals surface area contributed by atoms with E-state index in [2.05, 4.69) is 34.9 Å². The number of hydrogen-bond donors (Lipinski definition) is 0. The summed E-state index contributed by atoms with van der Waals surface area (Å²) < 4.78 is 7.33. The van der Waals surface area contributed by atoms with Gasteiger partial charge in [-0.3, -0.25) is 4.79 Å². The quantitative estimate of drug-likeness (QED) is 0.348. The molecular formula is C30H40N4O2. The zero-order valence-corrected chi connectivity index (χ0v) is 21.9. The maximum absolute atomic E-state index is 13.5. The van der Waals surface area contributed by atoms with Crippen LogP contribution in [0.2, 0.25) is 0 Å². The van der Waals surface area contributed by atoms with Crippen molar-refractivity contribution in [1.82, 2.24) is 19.4 Å². The summed E-state index contributed by atoms with van der Waals surface area (Å²) >= 11 is 0. The largest absolute Gasteiger partial charge is 0.497 e. The summed E-state index contributed by atoms with van der Waals surface area (Å²) in [5, 5.41) is 4.98. The first-order valence-electron chi connectivity index (χ1n) is 13.8. The fourth-order valence-corrected chi connectivity index (χ4v) is 5.46. The Kier molecular flexibility index (Phi) is 7.90. The number of hydrogen-bond acceptors (Lipinski definition) is 4. The lowest BCUT2D eigenvalue weighted by atomic mass is 10.0. The van der Waals surface area contributed by atoms with Crippen LogP contribution in [0.3, 0.4) is 0 Å². The highest BCUT2D eigenvalue weighted by Crippen LogP contribution is 2.32. The molecule has 6 heteroatoms. The lowest BCUT2D eigenvalue weighted by Gasteiger charge is -2.26. The van der Waals surface area contributed by atoms with Crippen LogP contribution in [-0.2, 0) is 6.42 Å². The number of amides is 1. The summed E-state index contributed by atoms with van der Waals surface area (Å²) in [6, 6.07) is 12.2. The van der Waals surface area contributed by atoms with Gasteiger partial charge in [-0.2, -0.15) is 5.10 Å². The van der Waals surface area contributed by atoms with Crippen molar-refractivity contribution in [3.05, 3.63) is 53.7 Å². The van der Waals surface area contributed by atoms with Crippen LogP contribution in [0.1, 0.15) is 67.8 Å². The van der Waals surface area contributed by atoms with Crippen molar-refractivity contribution in [2.24, 2.45) is 5.92 Å². The molecule has 0 radical (unpaired) electrons. The number of carbonyl (C=O) groups excluding carboxylic acids is 1. The average Bonchev–Trinajstić information content (AvgIpc) is 3.67. The van der Waals surface area contributed by atoms with Gasteiger partial charge >= 0.3 is 0 Å². The van der Waals surface area contributed by atoms with Crippen LogP contribution >= 0.6 is 0 Å². The smallest absolute Gasteiger partial charge is 0.253 e. The number of fused-ring (bicyclic) bond motifs is 1. The number of aromatic nitrogens is 2. The van der Waals surface area contributed by atoms with Crippen molar-refractivity contribution < 1.29 is 9.53 Å². The average molecular weight is 489 g/mol. The fourth-order valence-electron chi connectivity index (χ4n) is 5.46. The first-order chi connectivity index (χ1) is 17.7. The Labute approximate surface area is 215 Å². The molecule has 1 saturated carbocycles. The minimum atomic E-state index is 0.151. The van der Waals surface area contributed by atoms with Crippen LogP contribution in [0.5, 0.6) is 5.75 Å². The first kappa shape index (κ1) is 24.8. The minimum absolute atomic E-state index is 0.151. The molecule has 1 aliphatic heterocycles. The molecule has 2 aliphatic rings. The fraction of sp³-hybridized carbons (Fsp3) is 0.533. The molecule has 1 aromatic carbocycles. The number of piperidine rings is 1. The van der Waals surface area contributed by atoms with E-state index in [1.807, 2.05) is 28.9 Å². The Balaban J connectivity index is 1.45. The topological polar surface area (TPSA) is 50.1 Å². The number of rotatable bonds is 11. The summed E-state index contributed by atoms with van der Waals surface area (Å²) in [5.41, 5.74) is 5.14. The lowest BCUT2D eigenvalue weighted by Crippen LogP contribution is -2.33. The van der Waals surface area contributed by atoms with Crippen LogP contribution in [0.15, 0.2) is 42.6 Å². The van der Waals surface area contributed by atoms with Gasteiger partial charge in [0.1, 0.15) is 5.75 Å². The molecule has 1 saturated heterocycles. The standard InChI is InChI=1S/C30H40N4O2/c1-3-16-33(22-23-9-10-23)30(35)25-15-20-34-28(21-25)27(8-7-19-32-17-5-4-6-18-32)29(31-34)24-11-13-26(36-2)14-12-24/h11-15,20-21,23H,3-10,16-19,22H2,1-2H3. The Morgan fingerprint density at radius 2 is 1.89 bits per heavy atom. The zero-order valence-electron chi connectivity index (χ0n) is 21.9. The van der Waals surface area contributed by atoms with E-state index in [4.69, 9.17) is 9.84 Å². The van der Waals surface area contributed by atoms with Crippen molar-refractivity contribution in [3.63, 3.8) is 0 Å². The molecule has 3 aromatic rings. The summed E-state index contributed by atoms with van der Waals surface area (Å²) in [4.78, 5) is 18.1. The number of benzene rings is 1. The van der Waals surface area contributed by atoms with Gasteiger partial charge in [-0.05, 0) is 107 Å². The maximum Gasteiger partial charge on any atom is 0.253 e. The van der Waals surface area contributed by atoms with E-state index in [1.165, 1.54) is 50.8 Å². The molecule has 0 bridgehead atoms. The Morgan fingerprint density at radius 3 is 2.58 bits per heavy atom. The molecule has 2 fully saturated rings. The zero-order chi connectivity index (χ0) is 24.9. The van der Waals surface area contributed by atoms with Gasteiger partial charge in [0.2, 0.25) is 0 Å². The van der Waals surface area contributed by atoms with Crippen molar-refractivity contribution in [3.8, 4) is 17.0 Å². The number of nitrogens with zero attached hydrogens (tertiary/aromatic N) is 4. The normalized spacial score (nSPS) is 16.4. The van der Waals surface area contributed by atoms with E-state index >= 15 is 0 Å². The monoisotopic (exact) mass is 488 g/mol. The molecule has 1 aliphatic carbocycles. The molecule has 3 heterocycles. The molecule has 0 atom stereocenters. The minimum Gasteiger partial charge on any atom is -0.497 e. The highest BCUT2D eigenvalue weighted by atomic mass is 16.5. The van der Waals surface area contributed by atoms with Gasteiger partial charge in [-0.15, -0.1) is 0 Å². The number of likely N-dealkylation sites (tertiary alicyclic amines) is 1. The van der Waals surface area contributed by atoms with Gasteiger partial charge in [0.05, 0.1) is 18.3 Å². The molecule has 6 nitrogen and oxygen atoms in total. The number of pyridine rings is 1. The molecule has 36 heavy (non-hydrogen) atoms. The van der Waals surface area contributed by atoms with Crippen LogP contribution < -0.4 is 4.74 Å². The summed E-state index contributed by atoms with van der Waals surface area (Å²) in [6.07, 6.45) is 11.5. The van der Waals surface area contributed by atoms with Gasteiger partial charge in [-0.25, -0.2) is 4.52 Å². The van der Waals surface area contributed by atoms with E-state index in [0.717, 1.165) is 67.0 Å². The van der Waals surface area contributed by atoms with Crippen LogP contribution in [0.25, 0.3) is 16.8 Å². The predicted molar refractivity (Wildman–Crippen MR) is 145 cm³/mol. The maximum atomic E-state index is 13.5. The second-order valence-electron chi connectivity index (χ2n) is 10.5. The Bertz CT molecular complexity index is 1160. The highest BCUT2D eigenvalue weighted by molar-refractivity contribution is 5.95. The lowest BCUT2D eigenvalue weighted by molar-refractivity contribution is 0.0747. The molecule has 192 valence electrons. The highest BCUT2D eigenvalue weighted by Gasteiger charge is 2.27. The Hall–Kier alpha value is -2.86. The van der Waals surface area contributed by atoms with Crippen molar-refractivity contribution in [2.75, 3.05) is 39.8 Å². The van der Waals surface area contributed by atoms with E-state index in [0.29, 0.717) is 5.92 Å². The van der Waals surface area contributed by atoms with E-state index in [-0.39, 0.29) is 5.91 Å². The van der Waals surface area contributed by atoms with Gasteiger partial charge in [0.25, 0.3) is 5.91 Å². The number of ether oxygens (including phenoxy) is 1. The summed E-state index contributed by atoms with van der Waals surface area (Å²) in [6.45, 7) is 7.40. The third-order valence-corrected chi connectivity index (χ3v) is 7.65. The molecule has 1 amide bonds. The molecule has 5 rings (SSSR count). The van der Waals surface area contributed by atoms with Crippen molar-refractivity contribution in [1.29, 1.82) is 0 Å². The first-order valence-corrected chi connectivity index (χ1v) is 13.8. The second kappa shape index (κ2) is 11.5. The third-order valence-electron chi connectivity index (χ3n) is 7.65. The number of aryl methyl sites for hydroxylation is 1. The predicted octanol–water partition coefficient (Wildman–Crippen LogP) is 5.69. The molecular weight excluding hydrogens is 448 g/mol. The van der Waals surface area contributed by atoms with E-state index in [1.54, 1.807) is 7.11 Å². The third kappa shape index (κ3) is 5.75. The summed E-state index contributed by atoms with van der Waals surface area (Å²) in [7, 11) is 1.69. The Morgan fingerprint density at radius 1 is 1.11 bits per heavy atom. The molecule has 0 N–H and O–H groups in total. The van der Waals surface area contributed by atoms with Gasteiger partial charge < -0.3 is 14.5 Å². The second-order valence-corrected chi connectivity index (χ2v) is 10.5. The number of methoxy groups -OCH3 is 1. The molecule has 0 spiro atoms.